The number of esters is 5. The molecule has 0 aromatic heterocycles. The lowest BCUT2D eigenvalue weighted by atomic mass is 9.49. The third-order valence-corrected chi connectivity index (χ3v) is 26.0. The van der Waals surface area contributed by atoms with E-state index in [0.29, 0.717) is 67.5 Å². The summed E-state index contributed by atoms with van der Waals surface area (Å²) < 4.78 is 27.0. The fraction of sp³-hybridized carbons (Fsp3) is 0.781. The Hall–Kier alpha value is -4.40. The Bertz CT molecular complexity index is 2570. The third-order valence-electron chi connectivity index (χ3n) is 26.0. The van der Waals surface area contributed by atoms with Crippen LogP contribution < -0.4 is 0 Å². The van der Waals surface area contributed by atoms with E-state index in [2.05, 4.69) is 67.4 Å². The molecule has 0 radical (unpaired) electrons. The lowest BCUT2D eigenvalue weighted by molar-refractivity contribution is -0.159. The molecule has 0 spiro atoms. The van der Waals surface area contributed by atoms with E-state index in [0.717, 1.165) is 122 Å². The predicted molar refractivity (Wildman–Crippen MR) is 336 cm³/mol. The Balaban J connectivity index is 0.000000188. The van der Waals surface area contributed by atoms with Gasteiger partial charge in [0.05, 0.1) is 33.0 Å². The average molecular weight is 1210 g/mol. The van der Waals surface area contributed by atoms with Gasteiger partial charge in [0.1, 0.15) is 18.5 Å². The molecular formula is C73H112O14. The molecule has 9 aliphatic carbocycles. The molecule has 0 aliphatic heterocycles. The van der Waals surface area contributed by atoms with Crippen LogP contribution in [0.1, 0.15) is 204 Å². The topological polar surface area (TPSA) is 209 Å². The van der Waals surface area contributed by atoms with E-state index in [1.165, 1.54) is 64.0 Å². The van der Waals surface area contributed by atoms with Crippen molar-refractivity contribution in [2.75, 3.05) is 33.5 Å². The molecule has 9 aliphatic rings. The second kappa shape index (κ2) is 28.8. The first-order chi connectivity index (χ1) is 41.0. The zero-order chi connectivity index (χ0) is 64.0. The zero-order valence-corrected chi connectivity index (χ0v) is 55.2. The maximum absolute atomic E-state index is 12.1. The van der Waals surface area contributed by atoms with Crippen LogP contribution in [0.25, 0.3) is 0 Å². The van der Waals surface area contributed by atoms with Gasteiger partial charge in [-0.05, 0) is 221 Å². The van der Waals surface area contributed by atoms with E-state index in [1.807, 2.05) is 12.2 Å². The highest BCUT2D eigenvalue weighted by atomic mass is 16.6. The summed E-state index contributed by atoms with van der Waals surface area (Å²) in [5, 5.41) is 29.8. The van der Waals surface area contributed by atoms with Crippen LogP contribution in [0.4, 0.5) is 0 Å². The number of aliphatic hydroxyl groups excluding tert-OH is 3. The molecular weight excluding hydrogens is 1100 g/mol. The largest absolute Gasteiger partial charge is 0.466 e. The molecule has 14 heteroatoms. The van der Waals surface area contributed by atoms with Crippen LogP contribution in [0.5, 0.6) is 0 Å². The maximum atomic E-state index is 12.1. The highest BCUT2D eigenvalue weighted by Crippen LogP contribution is 2.67. The highest BCUT2D eigenvalue weighted by Gasteiger charge is 2.60. The normalized spacial score (nSPS) is 42.5. The second-order valence-corrected chi connectivity index (χ2v) is 30.1. The van der Waals surface area contributed by atoms with Crippen molar-refractivity contribution in [1.29, 1.82) is 0 Å². The lowest BCUT2D eigenvalue weighted by Crippen LogP contribution is -2.52. The molecule has 6 unspecified atom stereocenters. The van der Waals surface area contributed by atoms with E-state index in [-0.39, 0.29) is 123 Å². The number of fused-ring (bicyclic) bond motifs is 3. The Kier molecular flexibility index (Phi) is 23.2. The van der Waals surface area contributed by atoms with Crippen molar-refractivity contribution in [3.8, 4) is 0 Å². The molecule has 0 bridgehead atoms. The smallest absolute Gasteiger partial charge is 0.330 e. The average Bonchev–Trinajstić information content (AvgIpc) is 1.75. The van der Waals surface area contributed by atoms with Gasteiger partial charge in [-0.2, -0.15) is 0 Å². The van der Waals surface area contributed by atoms with E-state index in [4.69, 9.17) is 23.7 Å². The predicted octanol–water partition coefficient (Wildman–Crippen LogP) is 13.2. The van der Waals surface area contributed by atoms with Crippen molar-refractivity contribution < 1.29 is 67.8 Å². The van der Waals surface area contributed by atoms with Crippen molar-refractivity contribution in [2.45, 2.75) is 222 Å². The van der Waals surface area contributed by atoms with Crippen LogP contribution in [-0.2, 0) is 52.5 Å². The molecule has 0 saturated heterocycles. The zero-order valence-electron chi connectivity index (χ0n) is 55.2. The van der Waals surface area contributed by atoms with Crippen molar-refractivity contribution in [1.82, 2.24) is 0 Å². The van der Waals surface area contributed by atoms with Gasteiger partial charge in [-0.3, -0.25) is 19.2 Å². The Morgan fingerprint density at radius 3 is 1.29 bits per heavy atom. The lowest BCUT2D eigenvalue weighted by Gasteiger charge is -2.56. The molecule has 0 heterocycles. The summed E-state index contributed by atoms with van der Waals surface area (Å²) in [5.74, 6) is 2.03. The van der Waals surface area contributed by atoms with Gasteiger partial charge in [0, 0.05) is 58.1 Å². The molecule has 9 saturated carbocycles. The molecule has 488 valence electrons. The summed E-state index contributed by atoms with van der Waals surface area (Å²) in [6, 6.07) is 0. The van der Waals surface area contributed by atoms with Gasteiger partial charge in [-0.1, -0.05) is 96.2 Å². The fourth-order valence-electron chi connectivity index (χ4n) is 20.5. The number of rotatable bonds is 15. The third kappa shape index (κ3) is 14.7. The minimum absolute atomic E-state index is 0.0495. The molecule has 0 amide bonds. The summed E-state index contributed by atoms with van der Waals surface area (Å²) in [6.07, 6.45) is 28.1. The molecule has 3 N–H and O–H groups in total. The SMILES string of the molecule is C=C1CCC2[C@H](CO)C([C@@]3(C)CC[C@H](O)C[C@@H]3/C=C/CO)CC[C@]12C.C=C1CCC2[C@H](COC(C)=O)C([C@@]3(C)CC[C@H](OC(C)=O)C[C@@H]3/C=C/C(=O)OC)CC[C@]12C.C=C1CCC2[C@H](COC(C)=O)C([C@@]3(C)CC[C@H](OC(C)=O)C[C@@H]3C=O)CC[C@]12C. The molecule has 9 rings (SSSR count). The minimum Gasteiger partial charge on any atom is -0.466 e. The second-order valence-electron chi connectivity index (χ2n) is 30.1. The van der Waals surface area contributed by atoms with Gasteiger partial charge in [0.15, 0.2) is 0 Å². The van der Waals surface area contributed by atoms with Crippen molar-refractivity contribution in [2.24, 2.45) is 104 Å². The van der Waals surface area contributed by atoms with Gasteiger partial charge in [0.2, 0.25) is 0 Å². The number of allylic oxidation sites excluding steroid dienone is 5. The van der Waals surface area contributed by atoms with E-state index < -0.39 is 0 Å². The summed E-state index contributed by atoms with van der Waals surface area (Å²) in [6.45, 7) is 34.0. The first-order valence-corrected chi connectivity index (χ1v) is 33.4. The summed E-state index contributed by atoms with van der Waals surface area (Å²) >= 11 is 0. The summed E-state index contributed by atoms with van der Waals surface area (Å²) in [7, 11) is 1.37. The number of carbonyl (C=O) groups excluding carboxylic acids is 6. The highest BCUT2D eigenvalue weighted by molar-refractivity contribution is 5.81. The number of aliphatic hydroxyl groups is 3. The summed E-state index contributed by atoms with van der Waals surface area (Å²) in [4.78, 5) is 70.4. The Morgan fingerprint density at radius 2 is 0.897 bits per heavy atom. The number of carbonyl (C=O) groups is 6. The van der Waals surface area contributed by atoms with Crippen LogP contribution in [0.3, 0.4) is 0 Å². The molecule has 9 fully saturated rings. The number of hydrogen-bond donors (Lipinski definition) is 3. The van der Waals surface area contributed by atoms with Crippen molar-refractivity contribution in [3.05, 3.63) is 60.8 Å². The molecule has 21 atom stereocenters. The first-order valence-electron chi connectivity index (χ1n) is 33.4. The minimum atomic E-state index is -0.383. The Labute approximate surface area is 521 Å². The monoisotopic (exact) mass is 1210 g/mol. The molecule has 14 nitrogen and oxygen atoms in total. The standard InChI is InChI=1S/C27H40O6.C24H36O5.C22H36O3/c1-17-7-9-23-22(16-32-18(2)28)24(12-14-26(17,23)4)27(5)13-11-21(33-19(3)29)15-20(27)8-10-25(30)31-6;1-15-6-7-21-20(14-28-16(2)26)22(9-11-23(15,21)4)24(5)10-8-19(29-17(3)27)12-18(24)13-25;1-15-6-7-19-18(14-24)20(9-11-21(15,19)2)22(3)10-8-17(25)13-16(22)5-4-12-23/h8,10,20-24H,1,7,9,11-16H2,2-6H3;13,18-22H,1,6-12,14H2,2-5H3;4-5,16-20,23-25H,1,6-14H2,2-3H3/b10-8+;;5-4+/t20-,21-,22-,23?,24?,26+,27-;18-,19+,20+,21?,22?,23-,24+;16-,17-,18-,19?,20?,21+,22-/m010/s1. The first kappa shape index (κ1) is 70.1. The van der Waals surface area contributed by atoms with Gasteiger partial charge < -0.3 is 43.8 Å². The molecule has 0 aromatic carbocycles. The van der Waals surface area contributed by atoms with Crippen LogP contribution >= 0.6 is 0 Å². The van der Waals surface area contributed by atoms with Gasteiger partial charge in [-0.15, -0.1) is 0 Å². The van der Waals surface area contributed by atoms with E-state index in [1.54, 1.807) is 0 Å². The Morgan fingerprint density at radius 1 is 0.506 bits per heavy atom. The maximum Gasteiger partial charge on any atom is 0.330 e. The summed E-state index contributed by atoms with van der Waals surface area (Å²) in [5.41, 5.74) is 4.22. The van der Waals surface area contributed by atoms with Crippen molar-refractivity contribution >= 4 is 36.1 Å². The van der Waals surface area contributed by atoms with Crippen LogP contribution in [0.15, 0.2) is 60.8 Å². The van der Waals surface area contributed by atoms with Gasteiger partial charge >= 0.3 is 29.8 Å². The van der Waals surface area contributed by atoms with Crippen molar-refractivity contribution in [3.63, 3.8) is 0 Å². The number of ether oxygens (including phenoxy) is 5. The molecule has 87 heavy (non-hydrogen) atoms. The fourth-order valence-corrected chi connectivity index (χ4v) is 20.5. The van der Waals surface area contributed by atoms with Gasteiger partial charge in [-0.25, -0.2) is 4.79 Å². The van der Waals surface area contributed by atoms with E-state index >= 15 is 0 Å². The number of hydrogen-bond acceptors (Lipinski definition) is 14. The number of methoxy groups -OCH3 is 1. The van der Waals surface area contributed by atoms with Crippen LogP contribution in [0.2, 0.25) is 0 Å². The molecule has 0 aromatic rings. The van der Waals surface area contributed by atoms with Crippen LogP contribution in [0, 0.1) is 104 Å². The quantitative estimate of drug-likeness (QED) is 0.0458. The van der Waals surface area contributed by atoms with Crippen LogP contribution in [-0.4, -0.2) is 103 Å². The van der Waals surface area contributed by atoms with E-state index in [9.17, 15) is 44.1 Å². The number of aldehydes is 1. The van der Waals surface area contributed by atoms with Gasteiger partial charge in [0.25, 0.3) is 0 Å².